The first-order valence-corrected chi connectivity index (χ1v) is 11.8. The second-order valence-electron chi connectivity index (χ2n) is 7.90. The smallest absolute Gasteiger partial charge is 0.329 e. The summed E-state index contributed by atoms with van der Waals surface area (Å²) in [7, 11) is 1.34. The SMILES string of the molecule is COC(=O)[C@H](CSC(c1ccccc1)(c1ccccc1)c1ccccc1)NC(=O)C=C(C)C. The Kier molecular flexibility index (Phi) is 8.50. The number of thioether (sulfide) groups is 1. The molecule has 3 aromatic rings. The van der Waals surface area contributed by atoms with Gasteiger partial charge in [0.1, 0.15) is 6.04 Å². The van der Waals surface area contributed by atoms with E-state index in [0.29, 0.717) is 5.75 Å². The van der Waals surface area contributed by atoms with Gasteiger partial charge in [0.2, 0.25) is 5.91 Å². The molecule has 1 atom stereocenters. The van der Waals surface area contributed by atoms with E-state index in [1.807, 2.05) is 68.4 Å². The Bertz CT molecular complexity index is 981. The van der Waals surface area contributed by atoms with Gasteiger partial charge in [0, 0.05) is 11.8 Å². The highest BCUT2D eigenvalue weighted by molar-refractivity contribution is 8.00. The quantitative estimate of drug-likeness (QED) is 0.267. The van der Waals surface area contributed by atoms with Crippen LogP contribution in [-0.2, 0) is 19.1 Å². The van der Waals surface area contributed by atoms with Gasteiger partial charge in [0.25, 0.3) is 0 Å². The van der Waals surface area contributed by atoms with Crippen molar-refractivity contribution < 1.29 is 14.3 Å². The molecule has 0 saturated carbocycles. The van der Waals surface area contributed by atoms with Gasteiger partial charge in [-0.25, -0.2) is 4.79 Å². The molecule has 0 radical (unpaired) electrons. The lowest BCUT2D eigenvalue weighted by molar-refractivity contribution is -0.143. The zero-order valence-electron chi connectivity index (χ0n) is 19.2. The molecule has 0 heterocycles. The van der Waals surface area contributed by atoms with E-state index < -0.39 is 16.8 Å². The van der Waals surface area contributed by atoms with Crippen LogP contribution < -0.4 is 5.32 Å². The average molecular weight is 460 g/mol. The van der Waals surface area contributed by atoms with Crippen LogP contribution in [0.2, 0.25) is 0 Å². The molecule has 0 fully saturated rings. The maximum absolute atomic E-state index is 12.6. The third-order valence-corrected chi connectivity index (χ3v) is 6.87. The maximum atomic E-state index is 12.6. The molecule has 33 heavy (non-hydrogen) atoms. The zero-order valence-corrected chi connectivity index (χ0v) is 20.0. The van der Waals surface area contributed by atoms with Crippen molar-refractivity contribution in [3.63, 3.8) is 0 Å². The van der Waals surface area contributed by atoms with Gasteiger partial charge in [-0.1, -0.05) is 96.6 Å². The minimum absolute atomic E-state index is 0.310. The summed E-state index contributed by atoms with van der Waals surface area (Å²) in [6.45, 7) is 3.68. The summed E-state index contributed by atoms with van der Waals surface area (Å²) >= 11 is 1.60. The van der Waals surface area contributed by atoms with Crippen LogP contribution in [0, 0.1) is 0 Å². The lowest BCUT2D eigenvalue weighted by atomic mass is 9.84. The van der Waals surface area contributed by atoms with Gasteiger partial charge in [-0.3, -0.25) is 4.79 Å². The number of carbonyl (C=O) groups excluding carboxylic acids is 2. The maximum Gasteiger partial charge on any atom is 0.329 e. The molecule has 0 spiro atoms. The lowest BCUT2D eigenvalue weighted by Crippen LogP contribution is -2.44. The number of hydrogen-bond acceptors (Lipinski definition) is 4. The summed E-state index contributed by atoms with van der Waals surface area (Å²) < 4.78 is 4.43. The molecule has 3 rings (SSSR count). The number of carbonyl (C=O) groups is 2. The molecule has 0 saturated heterocycles. The van der Waals surface area contributed by atoms with Crippen molar-refractivity contribution in [2.75, 3.05) is 12.9 Å². The Morgan fingerprint density at radius 1 is 0.848 bits per heavy atom. The monoisotopic (exact) mass is 459 g/mol. The highest BCUT2D eigenvalue weighted by Gasteiger charge is 2.38. The van der Waals surface area contributed by atoms with Crippen LogP contribution in [0.15, 0.2) is 103 Å². The Balaban J connectivity index is 2.08. The molecule has 0 aliphatic rings. The fourth-order valence-corrected chi connectivity index (χ4v) is 5.31. The molecule has 0 aliphatic heterocycles. The molecular weight excluding hydrogens is 430 g/mol. The van der Waals surface area contributed by atoms with Gasteiger partial charge in [-0.15, -0.1) is 11.8 Å². The lowest BCUT2D eigenvalue weighted by Gasteiger charge is -2.36. The van der Waals surface area contributed by atoms with E-state index in [9.17, 15) is 9.59 Å². The zero-order chi connectivity index (χ0) is 23.7. The Morgan fingerprint density at radius 2 is 1.27 bits per heavy atom. The Morgan fingerprint density at radius 3 is 1.64 bits per heavy atom. The highest BCUT2D eigenvalue weighted by atomic mass is 32.2. The number of benzene rings is 3. The molecule has 0 aromatic heterocycles. The van der Waals surface area contributed by atoms with Gasteiger partial charge in [-0.05, 0) is 30.5 Å². The summed E-state index contributed by atoms with van der Waals surface area (Å²) in [5.74, 6) is -0.454. The van der Waals surface area contributed by atoms with Gasteiger partial charge < -0.3 is 10.1 Å². The number of ether oxygens (including phenoxy) is 1. The summed E-state index contributed by atoms with van der Waals surface area (Å²) in [4.78, 5) is 25.0. The van der Waals surface area contributed by atoms with Crippen LogP contribution in [0.5, 0.6) is 0 Å². The third kappa shape index (κ3) is 5.93. The third-order valence-electron chi connectivity index (χ3n) is 5.23. The largest absolute Gasteiger partial charge is 0.467 e. The summed E-state index contributed by atoms with van der Waals surface area (Å²) in [6.07, 6.45) is 1.49. The molecule has 1 amide bonds. The second-order valence-corrected chi connectivity index (χ2v) is 9.13. The summed E-state index contributed by atoms with van der Waals surface area (Å²) in [6, 6.07) is 29.9. The minimum atomic E-state index is -0.793. The van der Waals surface area contributed by atoms with Gasteiger partial charge >= 0.3 is 5.97 Å². The fraction of sp³-hybridized carbons (Fsp3) is 0.214. The first kappa shape index (κ1) is 24.3. The minimum Gasteiger partial charge on any atom is -0.467 e. The van der Waals surface area contributed by atoms with Gasteiger partial charge in [0.15, 0.2) is 0 Å². The number of nitrogens with one attached hydrogen (secondary N) is 1. The molecule has 170 valence electrons. The van der Waals surface area contributed by atoms with E-state index in [1.54, 1.807) is 11.8 Å². The molecule has 3 aromatic carbocycles. The van der Waals surface area contributed by atoms with Crippen molar-refractivity contribution >= 4 is 23.6 Å². The standard InChI is InChI=1S/C28H29NO3S/c1-21(2)19-26(30)29-25(27(31)32-3)20-33-28(22-13-7-4-8-14-22,23-15-9-5-10-16-23)24-17-11-6-12-18-24/h4-19,25H,20H2,1-3H3,(H,29,30)/t25-/m0/s1. The van der Waals surface area contributed by atoms with E-state index in [4.69, 9.17) is 4.74 Å². The normalized spacial score (nSPS) is 11.8. The van der Waals surface area contributed by atoms with Crippen LogP contribution >= 0.6 is 11.8 Å². The van der Waals surface area contributed by atoms with E-state index >= 15 is 0 Å². The number of esters is 1. The van der Waals surface area contributed by atoms with Crippen LogP contribution in [0.1, 0.15) is 30.5 Å². The average Bonchev–Trinajstić information content (AvgIpc) is 2.84. The van der Waals surface area contributed by atoms with Crippen LogP contribution in [0.3, 0.4) is 0 Å². The van der Waals surface area contributed by atoms with Crippen molar-refractivity contribution in [1.29, 1.82) is 0 Å². The molecule has 1 N–H and O–H groups in total. The van der Waals surface area contributed by atoms with E-state index in [1.165, 1.54) is 13.2 Å². The van der Waals surface area contributed by atoms with Crippen molar-refractivity contribution in [2.24, 2.45) is 0 Å². The van der Waals surface area contributed by atoms with Crippen LogP contribution in [0.4, 0.5) is 0 Å². The fourth-order valence-electron chi connectivity index (χ4n) is 3.76. The van der Waals surface area contributed by atoms with Gasteiger partial charge in [0.05, 0.1) is 11.9 Å². The van der Waals surface area contributed by atoms with E-state index in [-0.39, 0.29) is 5.91 Å². The van der Waals surface area contributed by atoms with Crippen LogP contribution in [0.25, 0.3) is 0 Å². The van der Waals surface area contributed by atoms with Crippen molar-refractivity contribution in [2.45, 2.75) is 24.6 Å². The van der Waals surface area contributed by atoms with E-state index in [0.717, 1.165) is 22.3 Å². The second kappa shape index (κ2) is 11.5. The molecular formula is C28H29NO3S. The first-order valence-electron chi connectivity index (χ1n) is 10.8. The molecule has 4 nitrogen and oxygen atoms in total. The Labute approximate surface area is 200 Å². The number of amides is 1. The van der Waals surface area contributed by atoms with Crippen molar-refractivity contribution in [1.82, 2.24) is 5.32 Å². The number of hydrogen-bond donors (Lipinski definition) is 1. The molecule has 0 bridgehead atoms. The predicted octanol–water partition coefficient (Wildman–Crippen LogP) is 5.34. The predicted molar refractivity (Wildman–Crippen MR) is 135 cm³/mol. The molecule has 0 aliphatic carbocycles. The van der Waals surface area contributed by atoms with Crippen LogP contribution in [-0.4, -0.2) is 30.8 Å². The number of allylic oxidation sites excluding steroid dienone is 1. The summed E-state index contributed by atoms with van der Waals surface area (Å²) in [5, 5.41) is 2.82. The van der Waals surface area contributed by atoms with Gasteiger partial charge in [-0.2, -0.15) is 0 Å². The topological polar surface area (TPSA) is 55.4 Å². The molecule has 5 heteroatoms. The first-order chi connectivity index (χ1) is 16.0. The summed E-state index contributed by atoms with van der Waals surface area (Å²) in [5.41, 5.74) is 4.13. The molecule has 0 unspecified atom stereocenters. The number of rotatable bonds is 9. The number of methoxy groups -OCH3 is 1. The Hall–Kier alpha value is -3.31. The highest BCUT2D eigenvalue weighted by Crippen LogP contribution is 2.48. The van der Waals surface area contributed by atoms with E-state index in [2.05, 4.69) is 41.7 Å². The van der Waals surface area contributed by atoms with Crippen molar-refractivity contribution in [3.8, 4) is 0 Å². The van der Waals surface area contributed by atoms with Crippen molar-refractivity contribution in [3.05, 3.63) is 119 Å².